The van der Waals surface area contributed by atoms with Gasteiger partial charge in [0.05, 0.1) is 12.8 Å². The molecule has 0 fully saturated rings. The first-order chi connectivity index (χ1) is 9.20. The molecule has 6 heteroatoms. The summed E-state index contributed by atoms with van der Waals surface area (Å²) in [5.74, 6) is 0.248. The quantitative estimate of drug-likeness (QED) is 0.332. The van der Waals surface area contributed by atoms with Crippen molar-refractivity contribution in [1.29, 1.82) is 0 Å². The number of oxime groups is 1. The molecule has 0 bridgehead atoms. The molecule has 5 nitrogen and oxygen atoms in total. The molecule has 1 heterocycles. The number of rotatable bonds is 5. The van der Waals surface area contributed by atoms with Crippen molar-refractivity contribution in [2.45, 2.75) is 13.1 Å². The lowest BCUT2D eigenvalue weighted by Gasteiger charge is -2.09. The molecule has 100 valence electrons. The van der Waals surface area contributed by atoms with Crippen molar-refractivity contribution < 1.29 is 14.0 Å². The van der Waals surface area contributed by atoms with Gasteiger partial charge in [0, 0.05) is 12.1 Å². The number of amidine groups is 1. The largest absolute Gasteiger partial charge is 0.468 e. The number of hydrogen-bond acceptors (Lipinski definition) is 4. The molecule has 1 aromatic carbocycles. The second kappa shape index (κ2) is 6.01. The SMILES string of the molecule is NC(=NO)c1cc(F)ccc1CNCc1ccco1. The van der Waals surface area contributed by atoms with E-state index in [1.54, 1.807) is 18.4 Å². The summed E-state index contributed by atoms with van der Waals surface area (Å²) in [5, 5.41) is 14.7. The molecule has 0 saturated heterocycles. The lowest BCUT2D eigenvalue weighted by Crippen LogP contribution is -2.20. The molecular formula is C13H14FN3O2. The summed E-state index contributed by atoms with van der Waals surface area (Å²) in [4.78, 5) is 0. The number of benzene rings is 1. The molecule has 1 aromatic heterocycles. The van der Waals surface area contributed by atoms with E-state index in [4.69, 9.17) is 15.4 Å². The fourth-order valence-electron chi connectivity index (χ4n) is 1.73. The summed E-state index contributed by atoms with van der Waals surface area (Å²) >= 11 is 0. The molecular weight excluding hydrogens is 249 g/mol. The van der Waals surface area contributed by atoms with Crippen LogP contribution in [0, 0.1) is 5.82 Å². The Labute approximate surface area is 109 Å². The molecule has 19 heavy (non-hydrogen) atoms. The summed E-state index contributed by atoms with van der Waals surface area (Å²) in [5.41, 5.74) is 6.63. The highest BCUT2D eigenvalue weighted by Gasteiger charge is 2.08. The van der Waals surface area contributed by atoms with E-state index < -0.39 is 5.82 Å². The number of furan rings is 1. The Morgan fingerprint density at radius 3 is 2.89 bits per heavy atom. The number of nitrogens with one attached hydrogen (secondary N) is 1. The van der Waals surface area contributed by atoms with Crippen LogP contribution in [0.3, 0.4) is 0 Å². The van der Waals surface area contributed by atoms with Gasteiger partial charge in [0.1, 0.15) is 11.6 Å². The normalized spacial score (nSPS) is 11.7. The van der Waals surface area contributed by atoms with Crippen LogP contribution in [0.2, 0.25) is 0 Å². The van der Waals surface area contributed by atoms with E-state index in [0.717, 1.165) is 11.3 Å². The van der Waals surface area contributed by atoms with Crippen molar-refractivity contribution >= 4 is 5.84 Å². The van der Waals surface area contributed by atoms with Crippen LogP contribution in [-0.2, 0) is 13.1 Å². The van der Waals surface area contributed by atoms with Crippen LogP contribution in [0.15, 0.2) is 46.2 Å². The lowest BCUT2D eigenvalue weighted by molar-refractivity contribution is 0.318. The smallest absolute Gasteiger partial charge is 0.170 e. The standard InChI is InChI=1S/C13H14FN3O2/c14-10-4-3-9(12(6-10)13(15)17-18)7-16-8-11-2-1-5-19-11/h1-6,16,18H,7-8H2,(H2,15,17). The van der Waals surface area contributed by atoms with Gasteiger partial charge in [0.15, 0.2) is 5.84 Å². The van der Waals surface area contributed by atoms with E-state index in [1.807, 2.05) is 6.07 Å². The number of hydrogen-bond donors (Lipinski definition) is 3. The third-order valence-electron chi connectivity index (χ3n) is 2.65. The van der Waals surface area contributed by atoms with E-state index in [2.05, 4.69) is 10.5 Å². The minimum Gasteiger partial charge on any atom is -0.468 e. The summed E-state index contributed by atoms with van der Waals surface area (Å²) in [7, 11) is 0. The Morgan fingerprint density at radius 1 is 1.37 bits per heavy atom. The zero-order valence-electron chi connectivity index (χ0n) is 10.1. The molecule has 4 N–H and O–H groups in total. The first-order valence-corrected chi connectivity index (χ1v) is 5.70. The maximum Gasteiger partial charge on any atom is 0.170 e. The van der Waals surface area contributed by atoms with Crippen LogP contribution in [0.5, 0.6) is 0 Å². The second-order valence-electron chi connectivity index (χ2n) is 3.97. The van der Waals surface area contributed by atoms with Crippen molar-refractivity contribution in [2.24, 2.45) is 10.9 Å². The Balaban J connectivity index is 2.07. The molecule has 0 aliphatic rings. The zero-order valence-corrected chi connectivity index (χ0v) is 10.1. The summed E-state index contributed by atoms with van der Waals surface area (Å²) in [6.07, 6.45) is 1.59. The third kappa shape index (κ3) is 3.32. The predicted octanol–water partition coefficient (Wildman–Crippen LogP) is 1.80. The molecule has 0 atom stereocenters. The molecule has 2 rings (SSSR count). The Hall–Kier alpha value is -2.34. The third-order valence-corrected chi connectivity index (χ3v) is 2.65. The Bertz CT molecular complexity index is 567. The van der Waals surface area contributed by atoms with Gasteiger partial charge < -0.3 is 20.7 Å². The van der Waals surface area contributed by atoms with Gasteiger partial charge in [-0.1, -0.05) is 11.2 Å². The fourth-order valence-corrected chi connectivity index (χ4v) is 1.73. The number of halogens is 1. The molecule has 0 radical (unpaired) electrons. The molecule has 0 aliphatic heterocycles. The molecule has 0 spiro atoms. The van der Waals surface area contributed by atoms with Gasteiger partial charge >= 0.3 is 0 Å². The fraction of sp³-hybridized carbons (Fsp3) is 0.154. The van der Waals surface area contributed by atoms with Gasteiger partial charge in [-0.25, -0.2) is 4.39 Å². The lowest BCUT2D eigenvalue weighted by atomic mass is 10.1. The van der Waals surface area contributed by atoms with Crippen LogP contribution < -0.4 is 11.1 Å². The first kappa shape index (κ1) is 13.1. The number of nitrogens with two attached hydrogens (primary N) is 1. The van der Waals surface area contributed by atoms with E-state index in [1.165, 1.54) is 12.1 Å². The molecule has 0 unspecified atom stereocenters. The van der Waals surface area contributed by atoms with Gasteiger partial charge in [-0.05, 0) is 29.8 Å². The van der Waals surface area contributed by atoms with Crippen LogP contribution in [-0.4, -0.2) is 11.0 Å². The Morgan fingerprint density at radius 2 is 2.21 bits per heavy atom. The van der Waals surface area contributed by atoms with Gasteiger partial charge in [0.2, 0.25) is 0 Å². The summed E-state index contributed by atoms with van der Waals surface area (Å²) in [6.45, 7) is 0.993. The van der Waals surface area contributed by atoms with E-state index >= 15 is 0 Å². The van der Waals surface area contributed by atoms with Crippen molar-refractivity contribution in [3.05, 3.63) is 59.3 Å². The maximum absolute atomic E-state index is 13.2. The number of nitrogens with zero attached hydrogens (tertiary/aromatic N) is 1. The van der Waals surface area contributed by atoms with Crippen LogP contribution in [0.4, 0.5) is 4.39 Å². The second-order valence-corrected chi connectivity index (χ2v) is 3.97. The van der Waals surface area contributed by atoms with Gasteiger partial charge in [0.25, 0.3) is 0 Å². The average molecular weight is 263 g/mol. The van der Waals surface area contributed by atoms with Crippen molar-refractivity contribution in [3.8, 4) is 0 Å². The first-order valence-electron chi connectivity index (χ1n) is 5.70. The van der Waals surface area contributed by atoms with Gasteiger partial charge in [-0.15, -0.1) is 0 Å². The minimum absolute atomic E-state index is 0.116. The molecule has 0 amide bonds. The average Bonchev–Trinajstić information content (AvgIpc) is 2.92. The summed E-state index contributed by atoms with van der Waals surface area (Å²) in [6, 6.07) is 7.81. The topological polar surface area (TPSA) is 83.8 Å². The molecule has 2 aromatic rings. The van der Waals surface area contributed by atoms with E-state index in [0.29, 0.717) is 18.7 Å². The summed E-state index contributed by atoms with van der Waals surface area (Å²) < 4.78 is 18.3. The predicted molar refractivity (Wildman–Crippen MR) is 68.2 cm³/mol. The van der Waals surface area contributed by atoms with Crippen molar-refractivity contribution in [2.75, 3.05) is 0 Å². The highest BCUT2D eigenvalue weighted by Crippen LogP contribution is 2.11. The zero-order chi connectivity index (χ0) is 13.7. The van der Waals surface area contributed by atoms with Crippen molar-refractivity contribution in [1.82, 2.24) is 5.32 Å². The monoisotopic (exact) mass is 263 g/mol. The van der Waals surface area contributed by atoms with Crippen LogP contribution >= 0.6 is 0 Å². The maximum atomic E-state index is 13.2. The molecule has 0 saturated carbocycles. The van der Waals surface area contributed by atoms with Crippen molar-refractivity contribution in [3.63, 3.8) is 0 Å². The highest BCUT2D eigenvalue weighted by molar-refractivity contribution is 5.98. The Kier molecular flexibility index (Phi) is 4.15. The highest BCUT2D eigenvalue weighted by atomic mass is 19.1. The van der Waals surface area contributed by atoms with Gasteiger partial charge in [-0.3, -0.25) is 0 Å². The molecule has 0 aliphatic carbocycles. The van der Waals surface area contributed by atoms with Crippen LogP contribution in [0.25, 0.3) is 0 Å². The van der Waals surface area contributed by atoms with E-state index in [-0.39, 0.29) is 5.84 Å². The van der Waals surface area contributed by atoms with Gasteiger partial charge in [-0.2, -0.15) is 0 Å². The van der Waals surface area contributed by atoms with E-state index in [9.17, 15) is 4.39 Å². The minimum atomic E-state index is -0.434. The van der Waals surface area contributed by atoms with Crippen LogP contribution in [0.1, 0.15) is 16.9 Å².